The molecule has 1 atom stereocenters. The number of hydrogen-bond acceptors (Lipinski definition) is 2. The van der Waals surface area contributed by atoms with Crippen molar-refractivity contribution in [3.8, 4) is 0 Å². The van der Waals surface area contributed by atoms with Crippen molar-refractivity contribution in [1.82, 2.24) is 5.32 Å². The third-order valence-electron chi connectivity index (χ3n) is 3.08. The Morgan fingerprint density at radius 2 is 2.00 bits per heavy atom. The first-order valence-electron chi connectivity index (χ1n) is 6.34. The quantitative estimate of drug-likeness (QED) is 0.855. The summed E-state index contributed by atoms with van der Waals surface area (Å²) in [5, 5.41) is 7.39. The summed E-state index contributed by atoms with van der Waals surface area (Å²) in [4.78, 5) is 0. The van der Waals surface area contributed by atoms with Crippen molar-refractivity contribution in [2.75, 3.05) is 6.54 Å². The third-order valence-corrected chi connectivity index (χ3v) is 3.96. The molecule has 1 unspecified atom stereocenters. The molecular formula is C15H17F2NS. The predicted octanol–water partition coefficient (Wildman–Crippen LogP) is 4.42. The van der Waals surface area contributed by atoms with Crippen LogP contribution in [-0.4, -0.2) is 6.54 Å². The van der Waals surface area contributed by atoms with E-state index >= 15 is 0 Å². The van der Waals surface area contributed by atoms with Crippen LogP contribution in [0.1, 0.15) is 36.1 Å². The van der Waals surface area contributed by atoms with E-state index in [9.17, 15) is 8.78 Å². The van der Waals surface area contributed by atoms with Gasteiger partial charge in [-0.25, -0.2) is 8.78 Å². The van der Waals surface area contributed by atoms with Crippen molar-refractivity contribution in [2.24, 2.45) is 0 Å². The van der Waals surface area contributed by atoms with Crippen LogP contribution < -0.4 is 5.32 Å². The first kappa shape index (κ1) is 14.2. The van der Waals surface area contributed by atoms with E-state index in [4.69, 9.17) is 0 Å². The molecule has 0 bridgehead atoms. The predicted molar refractivity (Wildman–Crippen MR) is 75.6 cm³/mol. The molecule has 0 radical (unpaired) electrons. The maximum Gasteiger partial charge on any atom is 0.131 e. The number of rotatable bonds is 5. The van der Waals surface area contributed by atoms with E-state index in [0.29, 0.717) is 5.56 Å². The van der Waals surface area contributed by atoms with Crippen molar-refractivity contribution in [3.63, 3.8) is 0 Å². The van der Waals surface area contributed by atoms with Crippen LogP contribution in [0, 0.1) is 18.6 Å². The lowest BCUT2D eigenvalue weighted by atomic mass is 9.97. The smallest absolute Gasteiger partial charge is 0.131 e. The Balaban J connectivity index is 2.40. The van der Waals surface area contributed by atoms with Gasteiger partial charge >= 0.3 is 0 Å². The fourth-order valence-corrected chi connectivity index (χ4v) is 2.95. The molecule has 2 aromatic rings. The van der Waals surface area contributed by atoms with Crippen LogP contribution in [0.3, 0.4) is 0 Å². The SMILES string of the molecule is CCCNC(c1cscc1C)c1ccc(F)cc1F. The van der Waals surface area contributed by atoms with Crippen LogP contribution in [-0.2, 0) is 0 Å². The van der Waals surface area contributed by atoms with Crippen LogP contribution in [0.25, 0.3) is 0 Å². The normalized spacial score (nSPS) is 12.6. The summed E-state index contributed by atoms with van der Waals surface area (Å²) in [6.07, 6.45) is 0.961. The average Bonchev–Trinajstić information content (AvgIpc) is 2.78. The van der Waals surface area contributed by atoms with Gasteiger partial charge in [0.05, 0.1) is 6.04 Å². The number of halogens is 2. The number of thiophene rings is 1. The Morgan fingerprint density at radius 1 is 1.21 bits per heavy atom. The van der Waals surface area contributed by atoms with E-state index in [2.05, 4.69) is 12.2 Å². The fourth-order valence-electron chi connectivity index (χ4n) is 2.08. The summed E-state index contributed by atoms with van der Waals surface area (Å²) < 4.78 is 27.0. The number of benzene rings is 1. The first-order valence-corrected chi connectivity index (χ1v) is 7.28. The zero-order valence-electron chi connectivity index (χ0n) is 11.0. The van der Waals surface area contributed by atoms with Gasteiger partial charge in [-0.3, -0.25) is 0 Å². The first-order chi connectivity index (χ1) is 9.13. The van der Waals surface area contributed by atoms with E-state index < -0.39 is 11.6 Å². The molecule has 1 nitrogen and oxygen atoms in total. The lowest BCUT2D eigenvalue weighted by Crippen LogP contribution is -2.24. The van der Waals surface area contributed by atoms with E-state index in [-0.39, 0.29) is 6.04 Å². The molecule has 2 rings (SSSR count). The van der Waals surface area contributed by atoms with Crippen molar-refractivity contribution < 1.29 is 8.78 Å². The van der Waals surface area contributed by atoms with Crippen LogP contribution in [0.5, 0.6) is 0 Å². The van der Waals surface area contributed by atoms with Crippen molar-refractivity contribution in [1.29, 1.82) is 0 Å². The molecule has 0 spiro atoms. The highest BCUT2D eigenvalue weighted by molar-refractivity contribution is 7.08. The molecule has 0 fully saturated rings. The van der Waals surface area contributed by atoms with Crippen molar-refractivity contribution >= 4 is 11.3 Å². The molecule has 1 heterocycles. The molecule has 19 heavy (non-hydrogen) atoms. The highest BCUT2D eigenvalue weighted by Crippen LogP contribution is 2.29. The molecule has 0 aliphatic carbocycles. The zero-order chi connectivity index (χ0) is 13.8. The summed E-state index contributed by atoms with van der Waals surface area (Å²) in [6.45, 7) is 4.86. The molecule has 0 saturated heterocycles. The van der Waals surface area contributed by atoms with Gasteiger partial charge in [0.1, 0.15) is 11.6 Å². The Kier molecular flexibility index (Phi) is 4.66. The topological polar surface area (TPSA) is 12.0 Å². The minimum Gasteiger partial charge on any atom is -0.306 e. The second-order valence-corrected chi connectivity index (χ2v) is 5.31. The van der Waals surface area contributed by atoms with Gasteiger partial charge in [0.25, 0.3) is 0 Å². The molecular weight excluding hydrogens is 264 g/mol. The third kappa shape index (κ3) is 3.19. The van der Waals surface area contributed by atoms with Crippen LogP contribution in [0.2, 0.25) is 0 Å². The van der Waals surface area contributed by atoms with Gasteiger partial charge in [-0.2, -0.15) is 11.3 Å². The van der Waals surface area contributed by atoms with Gasteiger partial charge in [0.15, 0.2) is 0 Å². The second kappa shape index (κ2) is 6.26. The lowest BCUT2D eigenvalue weighted by molar-refractivity contribution is 0.532. The largest absolute Gasteiger partial charge is 0.306 e. The summed E-state index contributed by atoms with van der Waals surface area (Å²) in [7, 11) is 0. The summed E-state index contributed by atoms with van der Waals surface area (Å²) >= 11 is 1.60. The van der Waals surface area contributed by atoms with Gasteiger partial charge in [0, 0.05) is 11.6 Å². The monoisotopic (exact) mass is 281 g/mol. The summed E-state index contributed by atoms with van der Waals surface area (Å²) in [6, 6.07) is 3.56. The highest BCUT2D eigenvalue weighted by atomic mass is 32.1. The number of aryl methyl sites for hydroxylation is 1. The van der Waals surface area contributed by atoms with E-state index in [1.54, 1.807) is 11.3 Å². The number of nitrogens with one attached hydrogen (secondary N) is 1. The molecule has 0 amide bonds. The average molecular weight is 281 g/mol. The van der Waals surface area contributed by atoms with Gasteiger partial charge in [0.2, 0.25) is 0 Å². The van der Waals surface area contributed by atoms with E-state index in [1.165, 1.54) is 12.1 Å². The van der Waals surface area contributed by atoms with E-state index in [1.807, 2.05) is 17.7 Å². The molecule has 4 heteroatoms. The van der Waals surface area contributed by atoms with E-state index in [0.717, 1.165) is 30.2 Å². The molecule has 102 valence electrons. The highest BCUT2D eigenvalue weighted by Gasteiger charge is 2.19. The van der Waals surface area contributed by atoms with Gasteiger partial charge in [-0.1, -0.05) is 13.0 Å². The molecule has 0 saturated carbocycles. The van der Waals surface area contributed by atoms with Crippen molar-refractivity contribution in [2.45, 2.75) is 26.3 Å². The standard InChI is InChI=1S/C15H17F2NS/c1-3-6-18-15(13-9-19-8-10(13)2)12-5-4-11(16)7-14(12)17/h4-5,7-9,15,18H,3,6H2,1-2H3. The summed E-state index contributed by atoms with van der Waals surface area (Å²) in [5.74, 6) is -1.04. The van der Waals surface area contributed by atoms with Crippen molar-refractivity contribution in [3.05, 3.63) is 57.3 Å². The minimum absolute atomic E-state index is 0.216. The van der Waals surface area contributed by atoms with Gasteiger partial charge in [-0.05, 0) is 47.8 Å². The Bertz CT molecular complexity index is 551. The summed E-state index contributed by atoms with van der Waals surface area (Å²) in [5.41, 5.74) is 2.68. The zero-order valence-corrected chi connectivity index (χ0v) is 11.9. The Labute approximate surface area is 116 Å². The minimum atomic E-state index is -0.544. The maximum atomic E-state index is 14.0. The maximum absolute atomic E-state index is 14.0. The molecule has 0 aliphatic rings. The van der Waals surface area contributed by atoms with Gasteiger partial charge in [-0.15, -0.1) is 0 Å². The molecule has 0 aliphatic heterocycles. The molecule has 1 aromatic carbocycles. The Hall–Kier alpha value is -1.26. The fraction of sp³-hybridized carbons (Fsp3) is 0.333. The van der Waals surface area contributed by atoms with Crippen LogP contribution >= 0.6 is 11.3 Å². The lowest BCUT2D eigenvalue weighted by Gasteiger charge is -2.20. The number of hydrogen-bond donors (Lipinski definition) is 1. The van der Waals surface area contributed by atoms with Gasteiger partial charge < -0.3 is 5.32 Å². The Morgan fingerprint density at radius 3 is 2.58 bits per heavy atom. The van der Waals surface area contributed by atoms with Crippen LogP contribution in [0.4, 0.5) is 8.78 Å². The second-order valence-electron chi connectivity index (χ2n) is 4.56. The van der Waals surface area contributed by atoms with Crippen LogP contribution in [0.15, 0.2) is 29.0 Å². The molecule has 1 N–H and O–H groups in total. The molecule has 1 aromatic heterocycles.